The molecule has 2 N–H and O–H groups in total. The molecule has 6 heteroatoms. The Morgan fingerprint density at radius 2 is 1.91 bits per heavy atom. The van der Waals surface area contributed by atoms with E-state index in [2.05, 4.69) is 17.6 Å². The number of carbonyl (C=O) groups excluding carboxylic acids is 2. The van der Waals surface area contributed by atoms with Crippen LogP contribution in [0.2, 0.25) is 0 Å². The van der Waals surface area contributed by atoms with Crippen molar-refractivity contribution in [1.82, 2.24) is 15.5 Å². The molecule has 0 aromatic carbocycles. The Kier molecular flexibility index (Phi) is 7.63. The van der Waals surface area contributed by atoms with Gasteiger partial charge in [-0.2, -0.15) is 0 Å². The molecule has 2 atom stereocenters. The van der Waals surface area contributed by atoms with Crippen molar-refractivity contribution in [3.05, 3.63) is 0 Å². The lowest BCUT2D eigenvalue weighted by Crippen LogP contribution is -2.44. The zero-order valence-electron chi connectivity index (χ0n) is 13.9. The molecule has 2 saturated heterocycles. The molecule has 2 unspecified atom stereocenters. The number of nitrogens with one attached hydrogen (secondary N) is 2. The third kappa shape index (κ3) is 4.85. The standard InChI is InChI=1S/C16H29N3O2.ClH/c1-11(2)19-9-6-14(16(19)21)18-15(20)10-12(3)13-4-7-17-8-5-13;/h11-14,17H,4-10H2,1-3H3,(H,18,20);1H. The van der Waals surface area contributed by atoms with Gasteiger partial charge in [0.2, 0.25) is 11.8 Å². The molecule has 2 aliphatic heterocycles. The fourth-order valence-electron chi connectivity index (χ4n) is 3.47. The Balaban J connectivity index is 0.00000242. The molecule has 0 aromatic heterocycles. The summed E-state index contributed by atoms with van der Waals surface area (Å²) in [6.07, 6.45) is 3.58. The van der Waals surface area contributed by atoms with Gasteiger partial charge in [-0.15, -0.1) is 12.4 Å². The van der Waals surface area contributed by atoms with Gasteiger partial charge in [-0.05, 0) is 58.0 Å². The molecule has 2 amide bonds. The summed E-state index contributed by atoms with van der Waals surface area (Å²) in [5.74, 6) is 1.13. The number of nitrogens with zero attached hydrogens (tertiary/aromatic N) is 1. The van der Waals surface area contributed by atoms with Crippen molar-refractivity contribution in [1.29, 1.82) is 0 Å². The van der Waals surface area contributed by atoms with Crippen LogP contribution >= 0.6 is 12.4 Å². The van der Waals surface area contributed by atoms with Gasteiger partial charge in [0.25, 0.3) is 0 Å². The van der Waals surface area contributed by atoms with Crippen molar-refractivity contribution in [3.63, 3.8) is 0 Å². The summed E-state index contributed by atoms with van der Waals surface area (Å²) >= 11 is 0. The Morgan fingerprint density at radius 3 is 2.45 bits per heavy atom. The molecule has 0 saturated carbocycles. The molecule has 5 nitrogen and oxygen atoms in total. The predicted octanol–water partition coefficient (Wildman–Crippen LogP) is 1.56. The number of likely N-dealkylation sites (tertiary alicyclic amines) is 1. The van der Waals surface area contributed by atoms with Gasteiger partial charge in [0.05, 0.1) is 0 Å². The molecular weight excluding hydrogens is 302 g/mol. The van der Waals surface area contributed by atoms with E-state index in [9.17, 15) is 9.59 Å². The minimum atomic E-state index is -0.305. The van der Waals surface area contributed by atoms with Crippen molar-refractivity contribution in [3.8, 4) is 0 Å². The number of rotatable bonds is 5. The molecule has 0 bridgehead atoms. The third-order valence-electron chi connectivity index (χ3n) is 4.89. The maximum Gasteiger partial charge on any atom is 0.245 e. The summed E-state index contributed by atoms with van der Waals surface area (Å²) < 4.78 is 0. The lowest BCUT2D eigenvalue weighted by atomic mass is 9.84. The van der Waals surface area contributed by atoms with E-state index < -0.39 is 0 Å². The summed E-state index contributed by atoms with van der Waals surface area (Å²) in [4.78, 5) is 26.2. The Hall–Kier alpha value is -0.810. The molecule has 0 aliphatic carbocycles. The van der Waals surface area contributed by atoms with Gasteiger partial charge in [-0.3, -0.25) is 9.59 Å². The van der Waals surface area contributed by atoms with Crippen LogP contribution in [-0.4, -0.2) is 48.4 Å². The number of hydrogen-bond acceptors (Lipinski definition) is 3. The molecule has 2 fully saturated rings. The highest BCUT2D eigenvalue weighted by Gasteiger charge is 2.34. The third-order valence-corrected chi connectivity index (χ3v) is 4.89. The molecule has 2 heterocycles. The second-order valence-corrected chi connectivity index (χ2v) is 6.80. The SMILES string of the molecule is CC(CC(=O)NC1CCN(C(C)C)C1=O)C1CCNCC1.Cl. The van der Waals surface area contributed by atoms with Gasteiger partial charge in [0.15, 0.2) is 0 Å². The van der Waals surface area contributed by atoms with Crippen molar-refractivity contribution in [2.45, 2.75) is 58.5 Å². The zero-order valence-corrected chi connectivity index (χ0v) is 14.7. The van der Waals surface area contributed by atoms with Crippen molar-refractivity contribution < 1.29 is 9.59 Å². The highest BCUT2D eigenvalue weighted by molar-refractivity contribution is 5.89. The molecule has 0 spiro atoms. The van der Waals surface area contributed by atoms with E-state index in [1.165, 1.54) is 0 Å². The van der Waals surface area contributed by atoms with Gasteiger partial charge in [0, 0.05) is 19.0 Å². The van der Waals surface area contributed by atoms with E-state index in [4.69, 9.17) is 0 Å². The van der Waals surface area contributed by atoms with Crippen LogP contribution in [0.3, 0.4) is 0 Å². The van der Waals surface area contributed by atoms with Gasteiger partial charge >= 0.3 is 0 Å². The fraction of sp³-hybridized carbons (Fsp3) is 0.875. The van der Waals surface area contributed by atoms with Crippen LogP contribution in [0.15, 0.2) is 0 Å². The Morgan fingerprint density at radius 1 is 1.27 bits per heavy atom. The number of halogens is 1. The molecule has 2 rings (SSSR count). The van der Waals surface area contributed by atoms with E-state index in [1.54, 1.807) is 0 Å². The monoisotopic (exact) mass is 331 g/mol. The average molecular weight is 332 g/mol. The average Bonchev–Trinajstić information content (AvgIpc) is 2.81. The highest BCUT2D eigenvalue weighted by Crippen LogP contribution is 2.24. The predicted molar refractivity (Wildman–Crippen MR) is 90.0 cm³/mol. The summed E-state index contributed by atoms with van der Waals surface area (Å²) in [5.41, 5.74) is 0. The molecule has 0 radical (unpaired) electrons. The summed E-state index contributed by atoms with van der Waals surface area (Å²) in [5, 5.41) is 6.29. The van der Waals surface area contributed by atoms with Gasteiger partial charge < -0.3 is 15.5 Å². The minimum absolute atomic E-state index is 0. The number of amides is 2. The smallest absolute Gasteiger partial charge is 0.245 e. The highest BCUT2D eigenvalue weighted by atomic mass is 35.5. The first-order chi connectivity index (χ1) is 9.99. The zero-order chi connectivity index (χ0) is 15.4. The van der Waals surface area contributed by atoms with E-state index in [0.29, 0.717) is 18.3 Å². The first kappa shape index (κ1) is 19.2. The molecule has 128 valence electrons. The first-order valence-corrected chi connectivity index (χ1v) is 8.29. The minimum Gasteiger partial charge on any atom is -0.344 e. The van der Waals surface area contributed by atoms with Crippen molar-refractivity contribution in [2.24, 2.45) is 11.8 Å². The van der Waals surface area contributed by atoms with E-state index in [0.717, 1.165) is 38.9 Å². The largest absolute Gasteiger partial charge is 0.344 e. The molecular formula is C16H30ClN3O2. The van der Waals surface area contributed by atoms with E-state index >= 15 is 0 Å². The second-order valence-electron chi connectivity index (χ2n) is 6.80. The number of carbonyl (C=O) groups is 2. The van der Waals surface area contributed by atoms with Crippen LogP contribution < -0.4 is 10.6 Å². The van der Waals surface area contributed by atoms with Crippen molar-refractivity contribution in [2.75, 3.05) is 19.6 Å². The number of piperidine rings is 1. The van der Waals surface area contributed by atoms with E-state index in [1.807, 2.05) is 18.7 Å². The Bertz CT molecular complexity index is 384. The molecule has 0 aromatic rings. The van der Waals surface area contributed by atoms with Crippen LogP contribution in [0.5, 0.6) is 0 Å². The first-order valence-electron chi connectivity index (χ1n) is 8.29. The lowest BCUT2D eigenvalue weighted by molar-refractivity contribution is -0.134. The summed E-state index contributed by atoms with van der Waals surface area (Å²) in [7, 11) is 0. The maximum atomic E-state index is 12.2. The quantitative estimate of drug-likeness (QED) is 0.803. The molecule has 22 heavy (non-hydrogen) atoms. The van der Waals surface area contributed by atoms with Gasteiger partial charge in [-0.1, -0.05) is 6.92 Å². The second kappa shape index (κ2) is 8.73. The van der Waals surface area contributed by atoms with Crippen molar-refractivity contribution >= 4 is 24.2 Å². The van der Waals surface area contributed by atoms with Gasteiger partial charge in [-0.25, -0.2) is 0 Å². The number of hydrogen-bond donors (Lipinski definition) is 2. The normalized spacial score (nSPS) is 24.3. The van der Waals surface area contributed by atoms with Crippen LogP contribution in [0.4, 0.5) is 0 Å². The summed E-state index contributed by atoms with van der Waals surface area (Å²) in [6, 6.07) is -0.0896. The van der Waals surface area contributed by atoms with Crippen LogP contribution in [0, 0.1) is 11.8 Å². The Labute approximate surface area is 140 Å². The van der Waals surface area contributed by atoms with Gasteiger partial charge in [0.1, 0.15) is 6.04 Å². The maximum absolute atomic E-state index is 12.2. The topological polar surface area (TPSA) is 61.4 Å². The summed E-state index contributed by atoms with van der Waals surface area (Å²) in [6.45, 7) is 9.06. The van der Waals surface area contributed by atoms with Crippen LogP contribution in [0.25, 0.3) is 0 Å². The lowest BCUT2D eigenvalue weighted by Gasteiger charge is -2.28. The van der Waals surface area contributed by atoms with Crippen LogP contribution in [0.1, 0.15) is 46.5 Å². The van der Waals surface area contributed by atoms with E-state index in [-0.39, 0.29) is 36.3 Å². The fourth-order valence-corrected chi connectivity index (χ4v) is 3.47. The van der Waals surface area contributed by atoms with Crippen LogP contribution in [-0.2, 0) is 9.59 Å². The molecule has 2 aliphatic rings.